The summed E-state index contributed by atoms with van der Waals surface area (Å²) in [6, 6.07) is 12.0. The Hall–Kier alpha value is -3.49. The molecule has 172 valence electrons. The van der Waals surface area contributed by atoms with Gasteiger partial charge in [-0.3, -0.25) is 4.79 Å². The second-order valence-corrected chi connectivity index (χ2v) is 8.27. The van der Waals surface area contributed by atoms with Crippen LogP contribution in [0.2, 0.25) is 5.02 Å². The Bertz CT molecular complexity index is 1380. The number of nitrogens with zero attached hydrogens (tertiary/aromatic N) is 1. The van der Waals surface area contributed by atoms with Crippen molar-refractivity contribution in [2.45, 2.75) is 6.42 Å². The summed E-state index contributed by atoms with van der Waals surface area (Å²) in [4.78, 5) is 30.4. The number of nitrogens with one attached hydrogen (secondary N) is 2. The number of benzene rings is 2. The highest BCUT2D eigenvalue weighted by molar-refractivity contribution is 6.31. The molecule has 0 fully saturated rings. The van der Waals surface area contributed by atoms with E-state index >= 15 is 0 Å². The van der Waals surface area contributed by atoms with Crippen molar-refractivity contribution in [3.8, 4) is 11.5 Å². The SMILES string of the molecule is COc1c(OCCCN(C)C)ccc2cc(NC(=O)c3cc4cc(Cl)ccc4[nH]3)c(=O)oc12. The van der Waals surface area contributed by atoms with Crippen LogP contribution in [0.1, 0.15) is 16.9 Å². The van der Waals surface area contributed by atoms with Gasteiger partial charge in [-0.25, -0.2) is 4.79 Å². The summed E-state index contributed by atoms with van der Waals surface area (Å²) in [5.41, 5.74) is 0.638. The third-order valence-electron chi connectivity index (χ3n) is 5.11. The van der Waals surface area contributed by atoms with E-state index in [4.69, 9.17) is 25.5 Å². The molecular formula is C24H24ClN3O5. The molecule has 4 aromatic rings. The van der Waals surface area contributed by atoms with Gasteiger partial charge in [-0.1, -0.05) is 11.6 Å². The Morgan fingerprint density at radius 1 is 1.15 bits per heavy atom. The number of carbonyl (C=O) groups is 1. The number of carbonyl (C=O) groups excluding carboxylic acids is 1. The van der Waals surface area contributed by atoms with Gasteiger partial charge >= 0.3 is 5.63 Å². The van der Waals surface area contributed by atoms with Crippen LogP contribution in [0.15, 0.2) is 51.7 Å². The number of amides is 1. The molecule has 2 heterocycles. The first-order chi connectivity index (χ1) is 15.9. The van der Waals surface area contributed by atoms with Gasteiger partial charge in [-0.15, -0.1) is 0 Å². The number of anilines is 1. The number of methoxy groups -OCH3 is 1. The molecule has 0 atom stereocenters. The molecular weight excluding hydrogens is 446 g/mol. The standard InChI is InChI=1S/C24H24ClN3O5/c1-28(2)9-4-10-32-20-8-5-14-12-19(24(30)33-21(14)22(20)31-3)27-23(29)18-13-15-11-16(25)6-7-17(15)26-18/h5-8,11-13,26H,4,9-10H2,1-3H3,(H,27,29). The Morgan fingerprint density at radius 3 is 2.73 bits per heavy atom. The van der Waals surface area contributed by atoms with Gasteiger partial charge in [-0.2, -0.15) is 0 Å². The van der Waals surface area contributed by atoms with Crippen molar-refractivity contribution in [2.75, 3.05) is 39.7 Å². The van der Waals surface area contributed by atoms with Crippen molar-refractivity contribution in [2.24, 2.45) is 0 Å². The van der Waals surface area contributed by atoms with Gasteiger partial charge in [0.05, 0.1) is 13.7 Å². The number of H-pyrrole nitrogens is 1. The molecule has 33 heavy (non-hydrogen) atoms. The largest absolute Gasteiger partial charge is 0.490 e. The minimum absolute atomic E-state index is 0.0193. The van der Waals surface area contributed by atoms with Gasteiger partial charge in [0.15, 0.2) is 11.3 Å². The van der Waals surface area contributed by atoms with Crippen LogP contribution in [0.25, 0.3) is 21.9 Å². The quantitative estimate of drug-likeness (QED) is 0.291. The fraction of sp³-hybridized carbons (Fsp3) is 0.250. The van der Waals surface area contributed by atoms with E-state index in [2.05, 4.69) is 15.2 Å². The number of halogens is 1. The molecule has 0 aliphatic heterocycles. The number of aromatic amines is 1. The molecule has 0 spiro atoms. The van der Waals surface area contributed by atoms with Crippen LogP contribution in [0.4, 0.5) is 5.69 Å². The number of fused-ring (bicyclic) bond motifs is 2. The molecule has 0 aliphatic rings. The topological polar surface area (TPSA) is 96.8 Å². The third-order valence-corrected chi connectivity index (χ3v) is 5.34. The molecule has 1 amide bonds. The van der Waals surface area contributed by atoms with Crippen molar-refractivity contribution >= 4 is 45.1 Å². The summed E-state index contributed by atoms with van der Waals surface area (Å²) in [7, 11) is 5.48. The van der Waals surface area contributed by atoms with E-state index in [1.165, 1.54) is 7.11 Å². The number of hydrogen-bond donors (Lipinski definition) is 2. The second-order valence-electron chi connectivity index (χ2n) is 7.84. The maximum absolute atomic E-state index is 12.7. The first-order valence-corrected chi connectivity index (χ1v) is 10.8. The fourth-order valence-corrected chi connectivity index (χ4v) is 3.69. The van der Waals surface area contributed by atoms with E-state index in [1.807, 2.05) is 14.1 Å². The highest BCUT2D eigenvalue weighted by atomic mass is 35.5. The maximum Gasteiger partial charge on any atom is 0.360 e. The average molecular weight is 470 g/mol. The molecule has 4 rings (SSSR count). The van der Waals surface area contributed by atoms with Gasteiger partial charge in [0.25, 0.3) is 5.91 Å². The molecule has 0 aliphatic carbocycles. The summed E-state index contributed by atoms with van der Waals surface area (Å²) in [5.74, 6) is 0.349. The number of hydrogen-bond acceptors (Lipinski definition) is 6. The van der Waals surface area contributed by atoms with E-state index in [0.717, 1.165) is 23.9 Å². The molecule has 0 unspecified atom stereocenters. The monoisotopic (exact) mass is 469 g/mol. The van der Waals surface area contributed by atoms with Crippen molar-refractivity contribution in [3.63, 3.8) is 0 Å². The zero-order valence-corrected chi connectivity index (χ0v) is 19.3. The Kier molecular flexibility index (Phi) is 6.57. The van der Waals surface area contributed by atoms with Crippen molar-refractivity contribution in [3.05, 3.63) is 63.6 Å². The van der Waals surface area contributed by atoms with E-state index in [-0.39, 0.29) is 11.3 Å². The highest BCUT2D eigenvalue weighted by Gasteiger charge is 2.17. The summed E-state index contributed by atoms with van der Waals surface area (Å²) in [6.45, 7) is 1.38. The molecule has 0 saturated heterocycles. The van der Waals surface area contributed by atoms with Gasteiger partial charge in [0.1, 0.15) is 11.4 Å². The summed E-state index contributed by atoms with van der Waals surface area (Å²) < 4.78 is 16.8. The van der Waals surface area contributed by atoms with Crippen molar-refractivity contribution < 1.29 is 18.7 Å². The molecule has 0 bridgehead atoms. The normalized spacial score (nSPS) is 11.3. The maximum atomic E-state index is 12.7. The Labute approximate surface area is 195 Å². The number of rotatable bonds is 8. The Balaban J connectivity index is 1.58. The molecule has 2 aromatic carbocycles. The molecule has 9 heteroatoms. The van der Waals surface area contributed by atoms with Gasteiger partial charge in [0, 0.05) is 27.9 Å². The first kappa shape index (κ1) is 22.7. The van der Waals surface area contributed by atoms with Crippen LogP contribution in [-0.4, -0.2) is 50.1 Å². The van der Waals surface area contributed by atoms with E-state index < -0.39 is 11.5 Å². The minimum atomic E-state index is -0.696. The zero-order chi connectivity index (χ0) is 23.5. The summed E-state index contributed by atoms with van der Waals surface area (Å²) in [5, 5.41) is 4.56. The third kappa shape index (κ3) is 4.97. The lowest BCUT2D eigenvalue weighted by Gasteiger charge is -2.14. The predicted molar refractivity (Wildman–Crippen MR) is 129 cm³/mol. The Morgan fingerprint density at radius 2 is 1.97 bits per heavy atom. The second kappa shape index (κ2) is 9.56. The molecule has 2 N–H and O–H groups in total. The smallest absolute Gasteiger partial charge is 0.360 e. The summed E-state index contributed by atoms with van der Waals surface area (Å²) in [6.07, 6.45) is 0.836. The average Bonchev–Trinajstić information content (AvgIpc) is 3.20. The summed E-state index contributed by atoms with van der Waals surface area (Å²) >= 11 is 6.01. The lowest BCUT2D eigenvalue weighted by Crippen LogP contribution is -2.18. The van der Waals surface area contributed by atoms with Crippen LogP contribution in [0.5, 0.6) is 11.5 Å². The van der Waals surface area contributed by atoms with Crippen LogP contribution < -0.4 is 20.4 Å². The van der Waals surface area contributed by atoms with E-state index in [9.17, 15) is 9.59 Å². The fourth-order valence-electron chi connectivity index (χ4n) is 3.51. The minimum Gasteiger partial charge on any atom is -0.490 e. The van der Waals surface area contributed by atoms with Crippen molar-refractivity contribution in [1.82, 2.24) is 9.88 Å². The zero-order valence-electron chi connectivity index (χ0n) is 18.5. The molecule has 8 nitrogen and oxygen atoms in total. The number of aromatic nitrogens is 1. The first-order valence-electron chi connectivity index (χ1n) is 10.4. The van der Waals surface area contributed by atoms with Crippen LogP contribution in [0, 0.1) is 0 Å². The lowest BCUT2D eigenvalue weighted by molar-refractivity contribution is 0.102. The van der Waals surface area contributed by atoms with E-state index in [1.54, 1.807) is 42.5 Å². The van der Waals surface area contributed by atoms with Gasteiger partial charge < -0.3 is 29.1 Å². The lowest BCUT2D eigenvalue weighted by atomic mass is 10.2. The van der Waals surface area contributed by atoms with Gasteiger partial charge in [0.2, 0.25) is 5.75 Å². The van der Waals surface area contributed by atoms with Crippen LogP contribution >= 0.6 is 11.6 Å². The number of ether oxygens (including phenoxy) is 2. The molecule has 0 radical (unpaired) electrons. The van der Waals surface area contributed by atoms with Crippen LogP contribution in [0.3, 0.4) is 0 Å². The molecule has 0 saturated carbocycles. The predicted octanol–water partition coefficient (Wildman–Crippen LogP) is 4.52. The highest BCUT2D eigenvalue weighted by Crippen LogP contribution is 2.35. The van der Waals surface area contributed by atoms with Crippen LogP contribution in [-0.2, 0) is 0 Å². The van der Waals surface area contributed by atoms with E-state index in [0.29, 0.717) is 34.2 Å². The van der Waals surface area contributed by atoms with Gasteiger partial charge in [-0.05, 0) is 63.0 Å². The molecule has 2 aromatic heterocycles. The van der Waals surface area contributed by atoms with Crippen molar-refractivity contribution in [1.29, 1.82) is 0 Å².